The third-order valence-corrected chi connectivity index (χ3v) is 6.86. The van der Waals surface area contributed by atoms with Crippen LogP contribution in [0.4, 0.5) is 0 Å². The lowest BCUT2D eigenvalue weighted by Gasteiger charge is -2.28. The van der Waals surface area contributed by atoms with E-state index in [0.29, 0.717) is 26.1 Å². The number of unbranched alkanes of at least 4 members (excludes halogenated alkanes) is 1. The Hall–Kier alpha value is -3.10. The fraction of sp³-hybridized carbons (Fsp3) is 0.600. The highest BCUT2D eigenvalue weighted by Crippen LogP contribution is 2.39. The van der Waals surface area contributed by atoms with Crippen molar-refractivity contribution in [3.63, 3.8) is 0 Å². The van der Waals surface area contributed by atoms with Crippen molar-refractivity contribution in [1.82, 2.24) is 24.6 Å². The minimum atomic E-state index is -0.444. The monoisotopic (exact) mass is 469 g/mol. The molecule has 9 heteroatoms. The fourth-order valence-electron chi connectivity index (χ4n) is 5.00. The number of ether oxygens (including phenoxy) is 1. The second kappa shape index (κ2) is 10.9. The molecule has 1 saturated heterocycles. The molecule has 9 nitrogen and oxygen atoms in total. The van der Waals surface area contributed by atoms with Crippen molar-refractivity contribution in [1.29, 1.82) is 0 Å². The number of aromatic nitrogens is 3. The van der Waals surface area contributed by atoms with Crippen LogP contribution in [0.2, 0.25) is 0 Å². The lowest BCUT2D eigenvalue weighted by Crippen LogP contribution is -2.37. The molecule has 1 fully saturated rings. The Morgan fingerprint density at radius 1 is 1.15 bits per heavy atom. The Balaban J connectivity index is 1.39. The van der Waals surface area contributed by atoms with Crippen molar-refractivity contribution >= 4 is 11.8 Å². The highest BCUT2D eigenvalue weighted by molar-refractivity contribution is 5.90. The van der Waals surface area contributed by atoms with Crippen molar-refractivity contribution in [3.8, 4) is 5.75 Å². The number of nitrogens with zero attached hydrogens (tertiary/aromatic N) is 4. The Kier molecular flexibility index (Phi) is 7.70. The number of amides is 2. The van der Waals surface area contributed by atoms with E-state index in [1.165, 1.54) is 4.68 Å². The Morgan fingerprint density at radius 3 is 2.65 bits per heavy atom. The molecule has 2 aromatic rings. The number of carbonyl (C=O) groups is 2. The summed E-state index contributed by atoms with van der Waals surface area (Å²) in [4.78, 5) is 40.3. The number of benzene rings is 1. The van der Waals surface area contributed by atoms with Crippen LogP contribution < -0.4 is 15.7 Å². The summed E-state index contributed by atoms with van der Waals surface area (Å²) in [5.74, 6) is 1.05. The van der Waals surface area contributed by atoms with E-state index in [-0.39, 0.29) is 30.0 Å². The Morgan fingerprint density at radius 2 is 1.94 bits per heavy atom. The van der Waals surface area contributed by atoms with Gasteiger partial charge in [-0.25, -0.2) is 9.48 Å². The number of carbonyl (C=O) groups excluding carboxylic acids is 2. The summed E-state index contributed by atoms with van der Waals surface area (Å²) in [5, 5.41) is 7.45. The van der Waals surface area contributed by atoms with Crippen LogP contribution in [0.15, 0.2) is 29.1 Å². The average Bonchev–Trinajstić information content (AvgIpc) is 3.36. The van der Waals surface area contributed by atoms with Gasteiger partial charge in [-0.1, -0.05) is 25.5 Å². The molecule has 1 aromatic heterocycles. The van der Waals surface area contributed by atoms with Gasteiger partial charge in [-0.3, -0.25) is 14.2 Å². The number of aryl methyl sites for hydroxylation is 2. The van der Waals surface area contributed by atoms with E-state index in [4.69, 9.17) is 4.74 Å². The van der Waals surface area contributed by atoms with Crippen LogP contribution in [-0.2, 0) is 29.1 Å². The van der Waals surface area contributed by atoms with Gasteiger partial charge < -0.3 is 15.0 Å². The van der Waals surface area contributed by atoms with E-state index in [1.807, 2.05) is 29.2 Å². The normalized spacial score (nSPS) is 19.8. The van der Waals surface area contributed by atoms with Crippen LogP contribution in [-0.4, -0.2) is 51.3 Å². The third kappa shape index (κ3) is 5.03. The van der Waals surface area contributed by atoms with E-state index in [0.717, 1.165) is 55.8 Å². The summed E-state index contributed by atoms with van der Waals surface area (Å²) in [7, 11) is 1.62. The zero-order chi connectivity index (χ0) is 24.1. The first kappa shape index (κ1) is 24.0. The second-order valence-corrected chi connectivity index (χ2v) is 9.14. The molecule has 2 aliphatic heterocycles. The molecule has 0 saturated carbocycles. The van der Waals surface area contributed by atoms with Gasteiger partial charge in [-0.2, -0.15) is 5.10 Å². The molecule has 1 N–H and O–H groups in total. The fourth-order valence-corrected chi connectivity index (χ4v) is 5.00. The van der Waals surface area contributed by atoms with Crippen LogP contribution in [0.25, 0.3) is 0 Å². The summed E-state index contributed by atoms with van der Waals surface area (Å²) >= 11 is 0. The summed E-state index contributed by atoms with van der Waals surface area (Å²) in [6.45, 7) is 4.37. The standard InChI is InChI=1S/C25H35N5O4/c1-3-4-14-29-22(31)17-20(23(29)18-9-11-19(34-2)12-10-18)24(32)26-13-7-16-30-25(33)28-15-6-5-8-21(28)27-30/h9-12,20,23H,3-8,13-17H2,1-2H3,(H,26,32). The maximum atomic E-state index is 13.2. The van der Waals surface area contributed by atoms with Crippen LogP contribution >= 0.6 is 0 Å². The summed E-state index contributed by atoms with van der Waals surface area (Å²) in [6, 6.07) is 7.33. The van der Waals surface area contributed by atoms with Gasteiger partial charge in [-0.05, 0) is 43.4 Å². The molecule has 0 bridgehead atoms. The van der Waals surface area contributed by atoms with Crippen LogP contribution in [0.1, 0.15) is 62.9 Å². The van der Waals surface area contributed by atoms with E-state index >= 15 is 0 Å². The zero-order valence-corrected chi connectivity index (χ0v) is 20.2. The topological polar surface area (TPSA) is 98.5 Å². The number of hydrogen-bond acceptors (Lipinski definition) is 5. The summed E-state index contributed by atoms with van der Waals surface area (Å²) < 4.78 is 8.54. The molecule has 2 aliphatic rings. The van der Waals surface area contributed by atoms with Crippen molar-refractivity contribution in [2.75, 3.05) is 20.2 Å². The average molecular weight is 470 g/mol. The molecule has 0 aliphatic carbocycles. The minimum absolute atomic E-state index is 0.0181. The van der Waals surface area contributed by atoms with Crippen LogP contribution in [0.3, 0.4) is 0 Å². The molecule has 2 unspecified atom stereocenters. The number of hydrogen-bond donors (Lipinski definition) is 1. The van der Waals surface area contributed by atoms with Gasteiger partial charge in [0.05, 0.1) is 19.1 Å². The quantitative estimate of drug-likeness (QED) is 0.539. The predicted octanol–water partition coefficient (Wildman–Crippen LogP) is 2.29. The number of fused-ring (bicyclic) bond motifs is 1. The van der Waals surface area contributed by atoms with E-state index < -0.39 is 5.92 Å². The molecular weight excluding hydrogens is 434 g/mol. The maximum Gasteiger partial charge on any atom is 0.345 e. The SMILES string of the molecule is CCCCN1C(=O)CC(C(=O)NCCCn2nc3n(c2=O)CCCC3)C1c1ccc(OC)cc1. The number of nitrogens with one attached hydrogen (secondary N) is 1. The second-order valence-electron chi connectivity index (χ2n) is 9.14. The maximum absolute atomic E-state index is 13.2. The molecule has 184 valence electrons. The van der Waals surface area contributed by atoms with Crippen molar-refractivity contribution < 1.29 is 14.3 Å². The van der Waals surface area contributed by atoms with Crippen LogP contribution in [0, 0.1) is 5.92 Å². The lowest BCUT2D eigenvalue weighted by atomic mass is 9.92. The van der Waals surface area contributed by atoms with Gasteiger partial charge in [0.1, 0.15) is 11.6 Å². The van der Waals surface area contributed by atoms with E-state index in [2.05, 4.69) is 17.3 Å². The lowest BCUT2D eigenvalue weighted by molar-refractivity contribution is -0.129. The summed E-state index contributed by atoms with van der Waals surface area (Å²) in [5.41, 5.74) is 0.881. The predicted molar refractivity (Wildman–Crippen MR) is 128 cm³/mol. The molecule has 0 radical (unpaired) electrons. The highest BCUT2D eigenvalue weighted by atomic mass is 16.5. The molecule has 1 aromatic carbocycles. The first-order valence-corrected chi connectivity index (χ1v) is 12.4. The van der Waals surface area contributed by atoms with Gasteiger partial charge in [0.25, 0.3) is 0 Å². The van der Waals surface area contributed by atoms with Gasteiger partial charge in [0.15, 0.2) is 0 Å². The van der Waals surface area contributed by atoms with Gasteiger partial charge >= 0.3 is 5.69 Å². The third-order valence-electron chi connectivity index (χ3n) is 6.86. The van der Waals surface area contributed by atoms with Crippen molar-refractivity contribution in [3.05, 3.63) is 46.1 Å². The first-order valence-electron chi connectivity index (χ1n) is 12.4. The smallest absolute Gasteiger partial charge is 0.345 e. The number of likely N-dealkylation sites (tertiary alicyclic amines) is 1. The van der Waals surface area contributed by atoms with Gasteiger partial charge in [0, 0.05) is 39.0 Å². The zero-order valence-electron chi connectivity index (χ0n) is 20.2. The molecular formula is C25H35N5O4. The molecule has 0 spiro atoms. The number of methoxy groups -OCH3 is 1. The highest BCUT2D eigenvalue weighted by Gasteiger charge is 2.44. The van der Waals surface area contributed by atoms with E-state index in [9.17, 15) is 14.4 Å². The Labute approximate surface area is 200 Å². The van der Waals surface area contributed by atoms with Gasteiger partial charge in [-0.15, -0.1) is 0 Å². The minimum Gasteiger partial charge on any atom is -0.497 e. The molecule has 2 amide bonds. The molecule has 34 heavy (non-hydrogen) atoms. The van der Waals surface area contributed by atoms with Gasteiger partial charge in [0.2, 0.25) is 11.8 Å². The molecule has 3 heterocycles. The summed E-state index contributed by atoms with van der Waals surface area (Å²) in [6.07, 6.45) is 5.62. The van der Waals surface area contributed by atoms with Crippen molar-refractivity contribution in [2.24, 2.45) is 5.92 Å². The Bertz CT molecular complexity index is 1060. The first-order chi connectivity index (χ1) is 16.5. The van der Waals surface area contributed by atoms with Crippen molar-refractivity contribution in [2.45, 2.75) is 71.0 Å². The molecule has 4 rings (SSSR count). The molecule has 2 atom stereocenters. The van der Waals surface area contributed by atoms with Crippen LogP contribution in [0.5, 0.6) is 5.75 Å². The number of rotatable bonds is 10. The largest absolute Gasteiger partial charge is 0.497 e. The van der Waals surface area contributed by atoms with E-state index in [1.54, 1.807) is 11.7 Å².